The van der Waals surface area contributed by atoms with Crippen LogP contribution >= 0.6 is 0 Å². The maximum Gasteiger partial charge on any atom is 0.151 e. The third-order valence-corrected chi connectivity index (χ3v) is 2.64. The van der Waals surface area contributed by atoms with E-state index in [1.54, 1.807) is 6.26 Å². The molecule has 0 unspecified atom stereocenters. The van der Waals surface area contributed by atoms with E-state index >= 15 is 0 Å². The van der Waals surface area contributed by atoms with E-state index in [9.17, 15) is 0 Å². The Hall–Kier alpha value is -1.71. The Morgan fingerprint density at radius 3 is 2.88 bits per heavy atom. The first-order valence-corrected chi connectivity index (χ1v) is 5.52. The molecule has 0 radical (unpaired) electrons. The van der Waals surface area contributed by atoms with Crippen LogP contribution in [-0.2, 0) is 13.0 Å². The molecule has 4 heteroatoms. The molecule has 0 atom stereocenters. The number of hydrogen-bond donors (Lipinski definition) is 2. The number of hydrogen-bond acceptors (Lipinski definition) is 3. The Morgan fingerprint density at radius 1 is 1.44 bits per heavy atom. The van der Waals surface area contributed by atoms with Gasteiger partial charge in [-0.25, -0.2) is 0 Å². The van der Waals surface area contributed by atoms with Gasteiger partial charge < -0.3 is 9.73 Å². The van der Waals surface area contributed by atoms with E-state index in [0.717, 1.165) is 29.3 Å². The second-order valence-corrected chi connectivity index (χ2v) is 3.97. The van der Waals surface area contributed by atoms with Crippen LogP contribution in [0.4, 0.5) is 5.82 Å². The van der Waals surface area contributed by atoms with Gasteiger partial charge in [-0.15, -0.1) is 0 Å². The van der Waals surface area contributed by atoms with Gasteiger partial charge in [-0.1, -0.05) is 6.92 Å². The number of anilines is 1. The van der Waals surface area contributed by atoms with Gasteiger partial charge in [0.15, 0.2) is 5.82 Å². The van der Waals surface area contributed by atoms with E-state index in [0.29, 0.717) is 6.54 Å². The molecule has 0 aliphatic heterocycles. The van der Waals surface area contributed by atoms with E-state index in [1.165, 1.54) is 5.56 Å². The van der Waals surface area contributed by atoms with Crippen molar-refractivity contribution in [2.45, 2.75) is 33.7 Å². The molecule has 0 bridgehead atoms. The zero-order valence-electron chi connectivity index (χ0n) is 9.92. The van der Waals surface area contributed by atoms with E-state index in [4.69, 9.17) is 4.42 Å². The summed E-state index contributed by atoms with van der Waals surface area (Å²) in [7, 11) is 0. The van der Waals surface area contributed by atoms with Crippen molar-refractivity contribution < 1.29 is 4.42 Å². The van der Waals surface area contributed by atoms with Gasteiger partial charge in [0.25, 0.3) is 0 Å². The number of rotatable bonds is 4. The average molecular weight is 219 g/mol. The first kappa shape index (κ1) is 10.8. The van der Waals surface area contributed by atoms with Crippen molar-refractivity contribution in [3.8, 4) is 0 Å². The summed E-state index contributed by atoms with van der Waals surface area (Å²) < 4.78 is 5.37. The van der Waals surface area contributed by atoms with Gasteiger partial charge in [-0.2, -0.15) is 5.10 Å². The largest absolute Gasteiger partial charge is 0.467 e. The highest BCUT2D eigenvalue weighted by Gasteiger charge is 2.08. The molecule has 0 aliphatic rings. The smallest absolute Gasteiger partial charge is 0.151 e. The quantitative estimate of drug-likeness (QED) is 0.831. The zero-order valence-corrected chi connectivity index (χ0v) is 9.92. The lowest BCUT2D eigenvalue weighted by molar-refractivity contribution is 0.516. The Balaban J connectivity index is 2.04. The van der Waals surface area contributed by atoms with Gasteiger partial charge in [0, 0.05) is 11.3 Å². The summed E-state index contributed by atoms with van der Waals surface area (Å²) in [4.78, 5) is 0. The van der Waals surface area contributed by atoms with E-state index in [-0.39, 0.29) is 0 Å². The van der Waals surface area contributed by atoms with Crippen molar-refractivity contribution in [3.05, 3.63) is 34.9 Å². The minimum Gasteiger partial charge on any atom is -0.467 e. The molecule has 86 valence electrons. The van der Waals surface area contributed by atoms with Gasteiger partial charge in [0.05, 0.1) is 12.8 Å². The summed E-state index contributed by atoms with van der Waals surface area (Å²) >= 11 is 0. The molecule has 2 aromatic rings. The summed E-state index contributed by atoms with van der Waals surface area (Å²) in [5, 5.41) is 10.5. The van der Waals surface area contributed by atoms with Gasteiger partial charge in [0.1, 0.15) is 5.76 Å². The number of aryl methyl sites for hydroxylation is 2. The third-order valence-electron chi connectivity index (χ3n) is 2.64. The van der Waals surface area contributed by atoms with Gasteiger partial charge in [-0.05, 0) is 31.9 Å². The summed E-state index contributed by atoms with van der Waals surface area (Å²) in [6.07, 6.45) is 2.73. The summed E-state index contributed by atoms with van der Waals surface area (Å²) in [5.41, 5.74) is 3.51. The van der Waals surface area contributed by atoms with Crippen LogP contribution < -0.4 is 5.32 Å². The molecule has 2 heterocycles. The Kier molecular flexibility index (Phi) is 2.99. The van der Waals surface area contributed by atoms with Crippen molar-refractivity contribution in [3.63, 3.8) is 0 Å². The zero-order chi connectivity index (χ0) is 11.5. The second-order valence-electron chi connectivity index (χ2n) is 3.97. The maximum absolute atomic E-state index is 5.37. The lowest BCUT2D eigenvalue weighted by Crippen LogP contribution is -2.01. The molecule has 0 saturated carbocycles. The van der Waals surface area contributed by atoms with Crippen LogP contribution in [0.3, 0.4) is 0 Å². The number of nitrogens with one attached hydrogen (secondary N) is 2. The standard InChI is InChI=1S/C12H17N3O/c1-4-11-9(3)14-15-12(11)13-6-10-5-8(2)7-16-10/h5,7H,4,6H2,1-3H3,(H2,13,14,15). The number of H-pyrrole nitrogens is 1. The van der Waals surface area contributed by atoms with E-state index in [2.05, 4.69) is 22.4 Å². The average Bonchev–Trinajstić information content (AvgIpc) is 2.82. The molecule has 0 saturated heterocycles. The number of aromatic nitrogens is 2. The van der Waals surface area contributed by atoms with Crippen molar-refractivity contribution in [2.24, 2.45) is 0 Å². The molecular weight excluding hydrogens is 202 g/mol. The Morgan fingerprint density at radius 2 is 2.25 bits per heavy atom. The van der Waals surface area contributed by atoms with Crippen LogP contribution in [0.2, 0.25) is 0 Å². The minimum absolute atomic E-state index is 0.672. The molecular formula is C12H17N3O. The van der Waals surface area contributed by atoms with Gasteiger partial charge >= 0.3 is 0 Å². The number of aromatic amines is 1. The summed E-state index contributed by atoms with van der Waals surface area (Å²) in [6.45, 7) is 6.85. The molecule has 0 spiro atoms. The Labute approximate surface area is 95.1 Å². The summed E-state index contributed by atoms with van der Waals surface area (Å²) in [6, 6.07) is 2.03. The highest BCUT2D eigenvalue weighted by atomic mass is 16.3. The SMILES string of the molecule is CCc1c(NCc2cc(C)co2)n[nH]c1C. The summed E-state index contributed by atoms with van der Waals surface area (Å²) in [5.74, 6) is 1.86. The first-order chi connectivity index (χ1) is 7.70. The van der Waals surface area contributed by atoms with Crippen molar-refractivity contribution in [2.75, 3.05) is 5.32 Å². The molecule has 2 N–H and O–H groups in total. The molecule has 0 amide bonds. The van der Waals surface area contributed by atoms with Crippen LogP contribution in [0, 0.1) is 13.8 Å². The van der Waals surface area contributed by atoms with Crippen molar-refractivity contribution >= 4 is 5.82 Å². The highest BCUT2D eigenvalue weighted by molar-refractivity contribution is 5.46. The first-order valence-electron chi connectivity index (χ1n) is 5.52. The molecule has 2 aromatic heterocycles. The van der Waals surface area contributed by atoms with Crippen LogP contribution in [0.15, 0.2) is 16.7 Å². The van der Waals surface area contributed by atoms with Crippen molar-refractivity contribution in [1.82, 2.24) is 10.2 Å². The minimum atomic E-state index is 0.672. The monoisotopic (exact) mass is 219 g/mol. The lowest BCUT2D eigenvalue weighted by Gasteiger charge is -2.02. The fourth-order valence-electron chi connectivity index (χ4n) is 1.79. The third kappa shape index (κ3) is 2.10. The van der Waals surface area contributed by atoms with Gasteiger partial charge in [0.2, 0.25) is 0 Å². The highest BCUT2D eigenvalue weighted by Crippen LogP contribution is 2.17. The van der Waals surface area contributed by atoms with E-state index < -0.39 is 0 Å². The number of nitrogens with zero attached hydrogens (tertiary/aromatic N) is 1. The molecule has 2 rings (SSSR count). The van der Waals surface area contributed by atoms with Crippen LogP contribution in [0.25, 0.3) is 0 Å². The molecule has 4 nitrogen and oxygen atoms in total. The topological polar surface area (TPSA) is 53.9 Å². The fraction of sp³-hybridized carbons (Fsp3) is 0.417. The Bertz CT molecular complexity index is 470. The molecule has 0 aliphatic carbocycles. The predicted molar refractivity (Wildman–Crippen MR) is 63.5 cm³/mol. The van der Waals surface area contributed by atoms with Crippen molar-refractivity contribution in [1.29, 1.82) is 0 Å². The van der Waals surface area contributed by atoms with Crippen LogP contribution in [-0.4, -0.2) is 10.2 Å². The molecule has 0 aromatic carbocycles. The number of furan rings is 1. The lowest BCUT2D eigenvalue weighted by atomic mass is 10.2. The molecule has 16 heavy (non-hydrogen) atoms. The van der Waals surface area contributed by atoms with E-state index in [1.807, 2.05) is 19.9 Å². The van der Waals surface area contributed by atoms with Crippen LogP contribution in [0.1, 0.15) is 29.5 Å². The molecule has 0 fully saturated rings. The maximum atomic E-state index is 5.37. The predicted octanol–water partition coefficient (Wildman–Crippen LogP) is 2.79. The van der Waals surface area contributed by atoms with Gasteiger partial charge in [-0.3, -0.25) is 5.10 Å². The fourth-order valence-corrected chi connectivity index (χ4v) is 1.79. The normalized spacial score (nSPS) is 10.7. The second kappa shape index (κ2) is 4.43. The van der Waals surface area contributed by atoms with Crippen LogP contribution in [0.5, 0.6) is 0 Å².